The Balaban J connectivity index is 1.83. The Morgan fingerprint density at radius 3 is 2.50 bits per heavy atom. The van der Waals surface area contributed by atoms with Crippen molar-refractivity contribution in [3.05, 3.63) is 75.8 Å². The number of ether oxygens (including phenoxy) is 1. The normalized spacial score (nSPS) is 24.3. The van der Waals surface area contributed by atoms with Crippen molar-refractivity contribution in [2.24, 2.45) is 0 Å². The molecule has 0 aromatic heterocycles. The quantitative estimate of drug-likeness (QED) is 0.693. The summed E-state index contributed by atoms with van der Waals surface area (Å²) >= 11 is 0. The molecule has 0 radical (unpaired) electrons. The highest BCUT2D eigenvalue weighted by Crippen LogP contribution is 2.38. The van der Waals surface area contributed by atoms with Crippen molar-refractivity contribution in [3.8, 4) is 0 Å². The van der Waals surface area contributed by atoms with Gasteiger partial charge in [0, 0.05) is 18.7 Å². The van der Waals surface area contributed by atoms with E-state index in [-0.39, 0.29) is 11.8 Å². The van der Waals surface area contributed by atoms with Crippen molar-refractivity contribution in [3.63, 3.8) is 0 Å². The second-order valence-electron chi connectivity index (χ2n) is 5.38. The maximum atomic E-state index is 10.7. The molecule has 0 aliphatic carbocycles. The van der Waals surface area contributed by atoms with Crippen LogP contribution < -0.4 is 5.32 Å². The van der Waals surface area contributed by atoms with Gasteiger partial charge in [-0.25, -0.2) is 0 Å². The molecule has 114 valence electrons. The number of non-ortho nitro benzene ring substituents is 1. The van der Waals surface area contributed by atoms with Crippen LogP contribution in [0.3, 0.4) is 0 Å². The van der Waals surface area contributed by atoms with Gasteiger partial charge in [0.05, 0.1) is 11.0 Å². The predicted octanol–water partition coefficient (Wildman–Crippen LogP) is 3.52. The minimum Gasteiger partial charge on any atom is -0.347 e. The van der Waals surface area contributed by atoms with Gasteiger partial charge in [-0.05, 0) is 29.7 Å². The van der Waals surface area contributed by atoms with Crippen molar-refractivity contribution in [2.75, 3.05) is 6.54 Å². The van der Waals surface area contributed by atoms with Gasteiger partial charge in [0.25, 0.3) is 5.69 Å². The third-order valence-corrected chi connectivity index (χ3v) is 4.13. The van der Waals surface area contributed by atoms with Crippen LogP contribution in [0.1, 0.15) is 30.6 Å². The molecule has 3 rings (SSSR count). The number of hydrogen-bond acceptors (Lipinski definition) is 4. The molecule has 2 aromatic rings. The highest BCUT2D eigenvalue weighted by molar-refractivity contribution is 5.34. The molecule has 0 amide bonds. The van der Waals surface area contributed by atoms with E-state index in [1.165, 1.54) is 12.1 Å². The zero-order valence-electron chi connectivity index (χ0n) is 12.4. The number of rotatable bonds is 4. The van der Waals surface area contributed by atoms with Crippen LogP contribution in [-0.2, 0) is 10.5 Å². The predicted molar refractivity (Wildman–Crippen MR) is 83.3 cm³/mol. The van der Waals surface area contributed by atoms with Gasteiger partial charge in [-0.1, -0.05) is 37.3 Å². The highest BCUT2D eigenvalue weighted by atomic mass is 16.6. The zero-order valence-corrected chi connectivity index (χ0v) is 12.4. The zero-order chi connectivity index (χ0) is 15.6. The molecule has 1 aliphatic rings. The lowest BCUT2D eigenvalue weighted by molar-refractivity contribution is -0.384. The first-order valence-corrected chi connectivity index (χ1v) is 7.37. The van der Waals surface area contributed by atoms with E-state index in [4.69, 9.17) is 4.74 Å². The molecule has 1 N–H and O–H groups in total. The second kappa shape index (κ2) is 5.87. The summed E-state index contributed by atoms with van der Waals surface area (Å²) in [5, 5.41) is 14.2. The molecular formula is C17H18N2O3. The summed E-state index contributed by atoms with van der Waals surface area (Å²) in [6.45, 7) is 2.76. The molecule has 1 saturated heterocycles. The third-order valence-electron chi connectivity index (χ3n) is 4.13. The molecule has 0 spiro atoms. The number of nitrogens with one attached hydrogen (secondary N) is 1. The number of nitro groups is 1. The van der Waals surface area contributed by atoms with Crippen LogP contribution in [0.15, 0.2) is 54.6 Å². The standard InChI is InChI=1S/C17H18N2O3/c1-2-17(14-6-4-3-5-7-14)18-12-16(22-17)13-8-10-15(11-9-13)19(20)21/h3-11,16,18H,2,12H2,1H3/t16-,17-/m1/s1. The van der Waals surface area contributed by atoms with E-state index < -0.39 is 10.6 Å². The summed E-state index contributed by atoms with van der Waals surface area (Å²) in [5.41, 5.74) is 1.65. The molecule has 5 nitrogen and oxygen atoms in total. The Morgan fingerprint density at radius 1 is 1.23 bits per heavy atom. The van der Waals surface area contributed by atoms with Crippen molar-refractivity contribution < 1.29 is 9.66 Å². The number of nitro benzene ring substituents is 1. The summed E-state index contributed by atoms with van der Waals surface area (Å²) in [5.74, 6) is 0. The first-order valence-electron chi connectivity index (χ1n) is 7.37. The van der Waals surface area contributed by atoms with Crippen molar-refractivity contribution >= 4 is 5.69 Å². The average molecular weight is 298 g/mol. The van der Waals surface area contributed by atoms with Crippen molar-refractivity contribution in [2.45, 2.75) is 25.2 Å². The molecule has 0 saturated carbocycles. The summed E-state index contributed by atoms with van der Waals surface area (Å²) in [7, 11) is 0. The number of benzene rings is 2. The molecular weight excluding hydrogens is 280 g/mol. The van der Waals surface area contributed by atoms with Crippen LogP contribution in [0.5, 0.6) is 0 Å². The molecule has 1 fully saturated rings. The number of hydrogen-bond donors (Lipinski definition) is 1. The van der Waals surface area contributed by atoms with E-state index in [2.05, 4.69) is 24.4 Å². The Morgan fingerprint density at radius 2 is 1.91 bits per heavy atom. The van der Waals surface area contributed by atoms with Crippen LogP contribution in [-0.4, -0.2) is 11.5 Å². The summed E-state index contributed by atoms with van der Waals surface area (Å²) in [6, 6.07) is 16.6. The second-order valence-corrected chi connectivity index (χ2v) is 5.38. The molecule has 22 heavy (non-hydrogen) atoms. The molecule has 2 atom stereocenters. The average Bonchev–Trinajstić information content (AvgIpc) is 3.02. The Labute approximate surface area is 129 Å². The lowest BCUT2D eigenvalue weighted by Crippen LogP contribution is -2.37. The number of nitrogens with zero attached hydrogens (tertiary/aromatic N) is 1. The van der Waals surface area contributed by atoms with Gasteiger partial charge in [-0.3, -0.25) is 15.4 Å². The van der Waals surface area contributed by atoms with Gasteiger partial charge < -0.3 is 4.74 Å². The SMILES string of the molecule is CC[C@@]1(c2ccccc2)NC[C@H](c2ccc([N+](=O)[O-])cc2)O1. The Hall–Kier alpha value is -2.24. The van der Waals surface area contributed by atoms with E-state index in [1.807, 2.05) is 18.2 Å². The molecule has 1 aliphatic heterocycles. The molecule has 5 heteroatoms. The maximum absolute atomic E-state index is 10.7. The maximum Gasteiger partial charge on any atom is 0.269 e. The van der Waals surface area contributed by atoms with Gasteiger partial charge in [0.2, 0.25) is 0 Å². The molecule has 0 unspecified atom stereocenters. The minimum atomic E-state index is -0.492. The molecule has 2 aromatic carbocycles. The summed E-state index contributed by atoms with van der Waals surface area (Å²) < 4.78 is 6.29. The fourth-order valence-electron chi connectivity index (χ4n) is 2.87. The lowest BCUT2D eigenvalue weighted by Gasteiger charge is -2.28. The van der Waals surface area contributed by atoms with Gasteiger partial charge >= 0.3 is 0 Å². The van der Waals surface area contributed by atoms with Gasteiger partial charge in [-0.15, -0.1) is 0 Å². The van der Waals surface area contributed by atoms with Crippen LogP contribution in [0.25, 0.3) is 0 Å². The van der Waals surface area contributed by atoms with Crippen LogP contribution in [0, 0.1) is 10.1 Å². The van der Waals surface area contributed by atoms with E-state index in [9.17, 15) is 10.1 Å². The van der Waals surface area contributed by atoms with E-state index in [0.29, 0.717) is 6.54 Å². The van der Waals surface area contributed by atoms with Crippen LogP contribution in [0.2, 0.25) is 0 Å². The summed E-state index contributed by atoms with van der Waals surface area (Å²) in [4.78, 5) is 10.3. The Bertz CT molecular complexity index is 657. The fourth-order valence-corrected chi connectivity index (χ4v) is 2.87. The largest absolute Gasteiger partial charge is 0.347 e. The van der Waals surface area contributed by atoms with E-state index in [0.717, 1.165) is 17.5 Å². The van der Waals surface area contributed by atoms with Crippen LogP contribution in [0.4, 0.5) is 5.69 Å². The van der Waals surface area contributed by atoms with Gasteiger partial charge in [0.1, 0.15) is 5.72 Å². The lowest BCUT2D eigenvalue weighted by atomic mass is 10.0. The molecule has 1 heterocycles. The summed E-state index contributed by atoms with van der Waals surface area (Å²) in [6.07, 6.45) is 0.696. The Kier molecular flexibility index (Phi) is 3.92. The first-order chi connectivity index (χ1) is 10.6. The topological polar surface area (TPSA) is 64.4 Å². The minimum absolute atomic E-state index is 0.0968. The molecule has 0 bridgehead atoms. The van der Waals surface area contributed by atoms with Crippen molar-refractivity contribution in [1.82, 2.24) is 5.32 Å². The van der Waals surface area contributed by atoms with E-state index >= 15 is 0 Å². The first kappa shape index (κ1) is 14.7. The van der Waals surface area contributed by atoms with E-state index in [1.54, 1.807) is 12.1 Å². The van der Waals surface area contributed by atoms with Crippen molar-refractivity contribution in [1.29, 1.82) is 0 Å². The third kappa shape index (κ3) is 2.61. The van der Waals surface area contributed by atoms with Gasteiger partial charge in [0.15, 0.2) is 0 Å². The fraction of sp³-hybridized carbons (Fsp3) is 0.294. The highest BCUT2D eigenvalue weighted by Gasteiger charge is 2.40. The van der Waals surface area contributed by atoms with Gasteiger partial charge in [-0.2, -0.15) is 0 Å². The monoisotopic (exact) mass is 298 g/mol. The van der Waals surface area contributed by atoms with Crippen LogP contribution >= 0.6 is 0 Å². The smallest absolute Gasteiger partial charge is 0.269 e.